The van der Waals surface area contributed by atoms with Gasteiger partial charge < -0.3 is 0 Å². The molecule has 4 aromatic rings. The fraction of sp³-hybridized carbons (Fsp3) is 0.257. The Morgan fingerprint density at radius 3 is 1.66 bits per heavy atom. The van der Waals surface area contributed by atoms with Crippen molar-refractivity contribution in [3.8, 4) is 0 Å². The third kappa shape index (κ3) is 6.57. The first-order valence-electron chi connectivity index (χ1n) is 13.9. The number of nitrogens with zero attached hydrogens (tertiary/aromatic N) is 2. The molecule has 0 spiro atoms. The van der Waals surface area contributed by atoms with Crippen LogP contribution in [0.15, 0.2) is 83.8 Å². The van der Waals surface area contributed by atoms with Crippen molar-refractivity contribution in [3.63, 3.8) is 0 Å². The van der Waals surface area contributed by atoms with Gasteiger partial charge in [-0.15, -0.1) is 0 Å². The number of hydrogen-bond donors (Lipinski definition) is 0. The van der Waals surface area contributed by atoms with Crippen molar-refractivity contribution in [1.82, 2.24) is 0 Å². The third-order valence-corrected chi connectivity index (χ3v) is 14.0. The van der Waals surface area contributed by atoms with Crippen LogP contribution in [0, 0.1) is 41.5 Å². The normalized spacial score (nSPS) is 14.1. The summed E-state index contributed by atoms with van der Waals surface area (Å²) in [6, 6.07) is 28.1. The van der Waals surface area contributed by atoms with Crippen LogP contribution in [-0.4, -0.2) is 22.1 Å². The van der Waals surface area contributed by atoms with Crippen molar-refractivity contribution in [1.29, 1.82) is 0 Å². The fourth-order valence-corrected chi connectivity index (χ4v) is 13.1. The molecule has 2 nitrogen and oxygen atoms in total. The Kier molecular flexibility index (Phi) is 9.26. The van der Waals surface area contributed by atoms with Gasteiger partial charge in [-0.3, -0.25) is 0 Å². The summed E-state index contributed by atoms with van der Waals surface area (Å²) < 4.78 is 3.26. The third-order valence-electron chi connectivity index (χ3n) is 7.43. The van der Waals surface area contributed by atoms with E-state index in [1.807, 2.05) is 11.8 Å². The molecule has 1 heterocycles. The zero-order valence-electron chi connectivity index (χ0n) is 24.6. The number of benzene rings is 4. The van der Waals surface area contributed by atoms with Gasteiger partial charge in [0, 0.05) is 0 Å². The van der Waals surface area contributed by atoms with Crippen LogP contribution in [0.25, 0.3) is 0 Å². The summed E-state index contributed by atoms with van der Waals surface area (Å²) >= 11 is -1.77. The van der Waals surface area contributed by atoms with E-state index >= 15 is 0 Å². The van der Waals surface area contributed by atoms with E-state index in [1.54, 1.807) is 0 Å². The molecular weight excluding hydrogens is 652 g/mol. The summed E-state index contributed by atoms with van der Waals surface area (Å²) in [5, 5.41) is 0. The zero-order valence-corrected chi connectivity index (χ0v) is 28.7. The Labute approximate surface area is 260 Å². The molecule has 0 saturated carbocycles. The molecule has 5 rings (SSSR count). The van der Waals surface area contributed by atoms with Gasteiger partial charge in [0.1, 0.15) is 0 Å². The average Bonchev–Trinajstić information content (AvgIpc) is 3.32. The first kappa shape index (κ1) is 30.2. The van der Waals surface area contributed by atoms with Gasteiger partial charge >= 0.3 is 262 Å². The molecule has 41 heavy (non-hydrogen) atoms. The molecule has 0 aliphatic carbocycles. The monoisotopic (exact) mass is 690 g/mol. The minimum atomic E-state index is -3.61. The first-order valence-corrected chi connectivity index (χ1v) is 21.2. The summed E-state index contributed by atoms with van der Waals surface area (Å²) in [5.41, 5.74) is 12.4. The zero-order chi connectivity index (χ0) is 29.3. The number of thioether (sulfide) groups is 1. The topological polar surface area (TPSA) is 6.48 Å². The van der Waals surface area contributed by atoms with Gasteiger partial charge in [0.25, 0.3) is 0 Å². The van der Waals surface area contributed by atoms with Crippen LogP contribution in [0.5, 0.6) is 0 Å². The maximum absolute atomic E-state index is 7.68. The number of hydrogen-bond acceptors (Lipinski definition) is 3. The molecule has 1 aliphatic heterocycles. The first-order chi connectivity index (χ1) is 19.5. The van der Waals surface area contributed by atoms with Crippen LogP contribution in [0.1, 0.15) is 44.5 Å². The number of halogens is 2. The standard InChI is InChI=1S/C21H26N2.C14H12S.2ClH.Ru/c1-14-9-16(3)20(17(4)10-14)22-7-8-23(13-22)21-18(5)11-15(2)12-19(21)6;1-12-7-5-6-8-13(12)11-15-14-9-3-2-4-10-14;;;/h9-12H,7-8H2,1-6H3;1-10H,11H2;2*1H;/q;;;;+2/p-2. The molecule has 0 N–H and O–H groups in total. The van der Waals surface area contributed by atoms with Gasteiger partial charge in [0.2, 0.25) is 0 Å². The van der Waals surface area contributed by atoms with Crippen LogP contribution in [0.4, 0.5) is 11.4 Å². The predicted molar refractivity (Wildman–Crippen MR) is 180 cm³/mol. The number of aryl methyl sites for hydroxylation is 6. The van der Waals surface area contributed by atoms with Crippen molar-refractivity contribution >= 4 is 51.5 Å². The number of rotatable bonds is 6. The number of anilines is 2. The molecule has 1 aliphatic rings. The van der Waals surface area contributed by atoms with Gasteiger partial charge in [0.15, 0.2) is 0 Å². The molecule has 216 valence electrons. The summed E-state index contributed by atoms with van der Waals surface area (Å²) in [6.07, 6.45) is 0. The van der Waals surface area contributed by atoms with E-state index in [9.17, 15) is 0 Å². The molecule has 4 aromatic carbocycles. The van der Waals surface area contributed by atoms with E-state index in [4.69, 9.17) is 19.4 Å². The Morgan fingerprint density at radius 1 is 0.683 bits per heavy atom. The van der Waals surface area contributed by atoms with E-state index in [0.29, 0.717) is 0 Å². The molecule has 6 heteroatoms. The summed E-state index contributed by atoms with van der Waals surface area (Å²) in [4.78, 5) is 6.10. The Hall–Kier alpha value is -2.23. The second kappa shape index (κ2) is 12.6. The maximum atomic E-state index is 7.68. The molecular formula is C35H38Cl2N2RuS. The summed E-state index contributed by atoms with van der Waals surface area (Å²) in [6.45, 7) is 14.8. The van der Waals surface area contributed by atoms with Crippen molar-refractivity contribution < 1.29 is 11.9 Å². The van der Waals surface area contributed by atoms with Gasteiger partial charge in [-0.05, 0) is 0 Å². The average molecular weight is 691 g/mol. The van der Waals surface area contributed by atoms with Gasteiger partial charge in [-0.1, -0.05) is 0 Å². The second-order valence-corrected chi connectivity index (χ2v) is 21.2. The van der Waals surface area contributed by atoms with E-state index < -0.39 is 11.9 Å². The van der Waals surface area contributed by atoms with Crippen molar-refractivity contribution in [2.75, 3.05) is 22.9 Å². The Bertz CT molecular complexity index is 1600. The Balaban J connectivity index is 1.71. The van der Waals surface area contributed by atoms with Crippen molar-refractivity contribution in [2.45, 2.75) is 52.2 Å². The van der Waals surface area contributed by atoms with E-state index in [1.165, 1.54) is 55.2 Å². The van der Waals surface area contributed by atoms with Gasteiger partial charge in [-0.2, -0.15) is 0 Å². The molecule has 0 bridgehead atoms. The molecule has 0 amide bonds. The molecule has 0 unspecified atom stereocenters. The molecule has 1 saturated heterocycles. The quantitative estimate of drug-likeness (QED) is 0.147. The molecule has 0 radical (unpaired) electrons. The SMILES string of the molecule is Cc1cc(C)c(N2CCN(c3c(C)cc(C)cc3C)[C]2=[Ru]([Cl])([Cl])=[CH]c2ccccc2CSc2ccccc2)c(C)c1. The second-order valence-electron chi connectivity index (χ2n) is 10.9. The van der Waals surface area contributed by atoms with E-state index in [2.05, 4.69) is 135 Å². The van der Waals surface area contributed by atoms with E-state index in [0.717, 1.165) is 28.8 Å². The van der Waals surface area contributed by atoms with Crippen molar-refractivity contribution in [3.05, 3.63) is 123 Å². The molecule has 0 atom stereocenters. The van der Waals surface area contributed by atoms with Crippen LogP contribution in [0.3, 0.4) is 0 Å². The van der Waals surface area contributed by atoms with Crippen LogP contribution >= 0.6 is 31.1 Å². The van der Waals surface area contributed by atoms with E-state index in [-0.39, 0.29) is 0 Å². The summed E-state index contributed by atoms with van der Waals surface area (Å²) in [5.74, 6) is 0.856. The molecule has 1 fully saturated rings. The Morgan fingerprint density at radius 2 is 1.15 bits per heavy atom. The van der Waals surface area contributed by atoms with Gasteiger partial charge in [0.05, 0.1) is 0 Å². The predicted octanol–water partition coefficient (Wildman–Crippen LogP) is 9.56. The van der Waals surface area contributed by atoms with Crippen LogP contribution in [0.2, 0.25) is 0 Å². The minimum absolute atomic E-state index is 0.841. The van der Waals surface area contributed by atoms with Crippen LogP contribution in [-0.2, 0) is 17.6 Å². The van der Waals surface area contributed by atoms with Crippen LogP contribution < -0.4 is 9.80 Å². The van der Waals surface area contributed by atoms with Crippen molar-refractivity contribution in [2.24, 2.45) is 0 Å². The summed E-state index contributed by atoms with van der Waals surface area (Å²) in [7, 11) is 15.4. The molecule has 0 aromatic heterocycles. The fourth-order valence-electron chi connectivity index (χ4n) is 6.00. The van der Waals surface area contributed by atoms with Gasteiger partial charge in [-0.25, -0.2) is 0 Å².